The number of para-hydroxylation sites is 1. The fraction of sp³-hybridized carbons (Fsp3) is 0.111. The number of carbonyl (C=O) groups excluding carboxylic acids is 1. The molecular formula is C18H15ClN2O2. The summed E-state index contributed by atoms with van der Waals surface area (Å²) < 4.78 is 0. The van der Waals surface area contributed by atoms with Crippen LogP contribution in [-0.4, -0.2) is 12.3 Å². The third kappa shape index (κ3) is 3.79. The van der Waals surface area contributed by atoms with Crippen LogP contribution >= 0.6 is 11.6 Å². The number of nitrogens with one attached hydrogen (secondary N) is 1. The van der Waals surface area contributed by atoms with Crippen molar-refractivity contribution in [3.8, 4) is 0 Å². The lowest BCUT2D eigenvalue weighted by molar-refractivity contribution is 0.167. The Balaban J connectivity index is 1.63. The molecule has 0 radical (unpaired) electrons. The molecule has 5 heteroatoms. The first kappa shape index (κ1) is 15.3. The van der Waals surface area contributed by atoms with E-state index in [4.69, 9.17) is 16.4 Å². The maximum Gasteiger partial charge on any atom is 0.437 e. The van der Waals surface area contributed by atoms with Crippen molar-refractivity contribution in [2.45, 2.75) is 12.8 Å². The summed E-state index contributed by atoms with van der Waals surface area (Å²) in [6, 6.07) is 17.0. The van der Waals surface area contributed by atoms with Crippen LogP contribution < -0.4 is 5.32 Å². The molecule has 23 heavy (non-hydrogen) atoms. The molecule has 0 saturated carbocycles. The van der Waals surface area contributed by atoms with Gasteiger partial charge in [0.1, 0.15) is 0 Å². The topological polar surface area (TPSA) is 50.7 Å². The van der Waals surface area contributed by atoms with Crippen molar-refractivity contribution in [1.29, 1.82) is 0 Å². The number of amides is 1. The highest BCUT2D eigenvalue weighted by Crippen LogP contribution is 2.33. The van der Waals surface area contributed by atoms with Crippen LogP contribution in [-0.2, 0) is 11.3 Å². The molecule has 0 atom stereocenters. The SMILES string of the molecule is O=C(Nc1ccccc1)ON=CC1=C(Cl)c2ccccc2CC1. The standard InChI is InChI=1S/C18H15ClN2O2/c19-17-14(11-10-13-6-4-5-9-16(13)17)12-20-23-18(22)21-15-7-2-1-3-8-15/h1-9,12H,10-11H2,(H,21,22). The van der Waals surface area contributed by atoms with Gasteiger partial charge in [-0.2, -0.15) is 0 Å². The van der Waals surface area contributed by atoms with Gasteiger partial charge in [-0.1, -0.05) is 59.2 Å². The van der Waals surface area contributed by atoms with Crippen LogP contribution in [0.5, 0.6) is 0 Å². The second kappa shape index (κ2) is 7.11. The van der Waals surface area contributed by atoms with Gasteiger partial charge in [-0.25, -0.2) is 4.79 Å². The van der Waals surface area contributed by atoms with Gasteiger partial charge >= 0.3 is 6.09 Å². The molecule has 0 saturated heterocycles. The number of benzene rings is 2. The Morgan fingerprint density at radius 3 is 2.65 bits per heavy atom. The highest BCUT2D eigenvalue weighted by Gasteiger charge is 2.16. The summed E-state index contributed by atoms with van der Waals surface area (Å²) in [5, 5.41) is 6.97. The van der Waals surface area contributed by atoms with Gasteiger partial charge in [-0.3, -0.25) is 10.2 Å². The van der Waals surface area contributed by atoms with Gasteiger partial charge in [0.25, 0.3) is 0 Å². The number of nitrogens with zero attached hydrogens (tertiary/aromatic N) is 1. The molecule has 0 bridgehead atoms. The van der Waals surface area contributed by atoms with Crippen molar-refractivity contribution in [1.82, 2.24) is 0 Å². The van der Waals surface area contributed by atoms with E-state index in [0.29, 0.717) is 10.7 Å². The van der Waals surface area contributed by atoms with Crippen molar-refractivity contribution in [3.63, 3.8) is 0 Å². The second-order valence-corrected chi connectivity index (χ2v) is 5.48. The van der Waals surface area contributed by atoms with Crippen molar-refractivity contribution >= 4 is 34.6 Å². The lowest BCUT2D eigenvalue weighted by Gasteiger charge is -2.16. The zero-order valence-corrected chi connectivity index (χ0v) is 13.1. The van der Waals surface area contributed by atoms with Gasteiger partial charge in [0.15, 0.2) is 0 Å². The largest absolute Gasteiger partial charge is 0.437 e. The third-order valence-electron chi connectivity index (χ3n) is 3.56. The number of rotatable bonds is 3. The molecular weight excluding hydrogens is 312 g/mol. The molecule has 0 aliphatic heterocycles. The van der Waals surface area contributed by atoms with E-state index < -0.39 is 6.09 Å². The number of oxime groups is 1. The number of aryl methyl sites for hydroxylation is 1. The van der Waals surface area contributed by atoms with Gasteiger partial charge < -0.3 is 0 Å². The van der Waals surface area contributed by atoms with E-state index in [0.717, 1.165) is 24.0 Å². The van der Waals surface area contributed by atoms with Crippen LogP contribution in [0.1, 0.15) is 17.5 Å². The van der Waals surface area contributed by atoms with Gasteiger partial charge in [0, 0.05) is 5.69 Å². The summed E-state index contributed by atoms with van der Waals surface area (Å²) >= 11 is 6.39. The minimum atomic E-state index is -0.639. The number of allylic oxidation sites excluding steroid dienone is 1. The van der Waals surface area contributed by atoms with E-state index in [1.165, 1.54) is 11.8 Å². The molecule has 1 amide bonds. The summed E-state index contributed by atoms with van der Waals surface area (Å²) in [5.74, 6) is 0. The summed E-state index contributed by atoms with van der Waals surface area (Å²) in [7, 11) is 0. The maximum absolute atomic E-state index is 11.6. The average molecular weight is 327 g/mol. The minimum absolute atomic E-state index is 0.639. The molecule has 1 aliphatic rings. The van der Waals surface area contributed by atoms with Crippen LogP contribution in [0.4, 0.5) is 10.5 Å². The number of hydrogen-bond donors (Lipinski definition) is 1. The normalized spacial score (nSPS) is 13.8. The number of carbonyl (C=O) groups is 1. The fourth-order valence-electron chi connectivity index (χ4n) is 2.43. The van der Waals surface area contributed by atoms with Crippen molar-refractivity contribution in [2.24, 2.45) is 5.16 Å². The van der Waals surface area contributed by atoms with Crippen LogP contribution in [0.2, 0.25) is 0 Å². The van der Waals surface area contributed by atoms with Crippen LogP contribution in [0, 0.1) is 0 Å². The summed E-state index contributed by atoms with van der Waals surface area (Å²) in [6.45, 7) is 0. The second-order valence-electron chi connectivity index (χ2n) is 5.10. The number of hydrogen-bond acceptors (Lipinski definition) is 3. The summed E-state index contributed by atoms with van der Waals surface area (Å²) in [5.41, 5.74) is 3.74. The van der Waals surface area contributed by atoms with E-state index in [-0.39, 0.29) is 0 Å². The molecule has 2 aromatic carbocycles. The van der Waals surface area contributed by atoms with Crippen LogP contribution in [0.3, 0.4) is 0 Å². The van der Waals surface area contributed by atoms with Crippen molar-refractivity contribution < 1.29 is 9.63 Å². The first-order valence-corrected chi connectivity index (χ1v) is 7.65. The van der Waals surface area contributed by atoms with E-state index in [1.54, 1.807) is 12.1 Å². The smallest absolute Gasteiger partial charge is 0.298 e. The van der Waals surface area contributed by atoms with Crippen molar-refractivity contribution in [2.75, 3.05) is 5.32 Å². The molecule has 116 valence electrons. The van der Waals surface area contributed by atoms with Gasteiger partial charge in [-0.15, -0.1) is 0 Å². The summed E-state index contributed by atoms with van der Waals surface area (Å²) in [6.07, 6.45) is 2.52. The lowest BCUT2D eigenvalue weighted by Crippen LogP contribution is -2.11. The third-order valence-corrected chi connectivity index (χ3v) is 4.01. The fourth-order valence-corrected chi connectivity index (χ4v) is 2.75. The molecule has 0 fully saturated rings. The lowest BCUT2D eigenvalue weighted by atomic mass is 9.92. The van der Waals surface area contributed by atoms with Crippen molar-refractivity contribution in [3.05, 3.63) is 71.3 Å². The molecule has 1 aliphatic carbocycles. The first-order chi connectivity index (χ1) is 11.2. The molecule has 1 N–H and O–H groups in total. The Morgan fingerprint density at radius 2 is 1.83 bits per heavy atom. The molecule has 4 nitrogen and oxygen atoms in total. The van der Waals surface area contributed by atoms with Crippen LogP contribution in [0.25, 0.3) is 5.03 Å². The van der Waals surface area contributed by atoms with E-state index in [9.17, 15) is 4.79 Å². The minimum Gasteiger partial charge on any atom is -0.298 e. The Bertz CT molecular complexity index is 770. The van der Waals surface area contributed by atoms with Crippen LogP contribution in [0.15, 0.2) is 65.3 Å². The van der Waals surface area contributed by atoms with Gasteiger partial charge in [0.05, 0.1) is 11.2 Å². The Kier molecular flexibility index (Phi) is 4.74. The molecule has 3 rings (SSSR count). The molecule has 0 aromatic heterocycles. The number of halogens is 1. The first-order valence-electron chi connectivity index (χ1n) is 7.27. The van der Waals surface area contributed by atoms with E-state index in [1.807, 2.05) is 36.4 Å². The predicted molar refractivity (Wildman–Crippen MR) is 92.6 cm³/mol. The highest BCUT2D eigenvalue weighted by atomic mass is 35.5. The number of fused-ring (bicyclic) bond motifs is 1. The Morgan fingerprint density at radius 1 is 1.09 bits per heavy atom. The quantitative estimate of drug-likeness (QED) is 0.499. The monoisotopic (exact) mass is 326 g/mol. The molecule has 0 unspecified atom stereocenters. The number of anilines is 1. The van der Waals surface area contributed by atoms with Gasteiger partial charge in [0.2, 0.25) is 0 Å². The van der Waals surface area contributed by atoms with Gasteiger partial charge in [-0.05, 0) is 41.7 Å². The van der Waals surface area contributed by atoms with E-state index >= 15 is 0 Å². The maximum atomic E-state index is 11.6. The Hall–Kier alpha value is -2.59. The summed E-state index contributed by atoms with van der Waals surface area (Å²) in [4.78, 5) is 16.4. The van der Waals surface area contributed by atoms with E-state index in [2.05, 4.69) is 16.5 Å². The predicted octanol–water partition coefficient (Wildman–Crippen LogP) is 4.82. The Labute approximate surface area is 139 Å². The molecule has 0 spiro atoms. The zero-order chi connectivity index (χ0) is 16.1. The average Bonchev–Trinajstić information content (AvgIpc) is 2.58. The molecule has 2 aromatic rings. The molecule has 0 heterocycles. The zero-order valence-electron chi connectivity index (χ0n) is 12.3. The highest BCUT2D eigenvalue weighted by molar-refractivity contribution is 6.50.